The minimum Gasteiger partial charge on any atom is -0.505 e. The fraction of sp³-hybridized carbons (Fsp3) is 0.174. The van der Waals surface area contributed by atoms with E-state index in [1.165, 1.54) is 48.1 Å². The summed E-state index contributed by atoms with van der Waals surface area (Å²) in [5.41, 5.74) is -0.550. The quantitative estimate of drug-likeness (QED) is 0.450. The highest BCUT2D eigenvalue weighted by molar-refractivity contribution is 5.91. The topological polar surface area (TPSA) is 121 Å². The second kappa shape index (κ2) is 9.51. The molecule has 172 valence electrons. The van der Waals surface area contributed by atoms with Gasteiger partial charge in [0.2, 0.25) is 0 Å². The van der Waals surface area contributed by atoms with Crippen LogP contribution >= 0.6 is 0 Å². The minimum atomic E-state index is -1.24. The third-order valence-corrected chi connectivity index (χ3v) is 4.99. The number of carboxylic acids is 1. The minimum absolute atomic E-state index is 0.158. The maximum atomic E-state index is 14.2. The Balaban J connectivity index is 1.92. The molecule has 0 spiro atoms. The van der Waals surface area contributed by atoms with E-state index in [1.54, 1.807) is 6.92 Å². The Morgan fingerprint density at radius 3 is 2.39 bits per heavy atom. The molecule has 0 radical (unpaired) electrons. The third kappa shape index (κ3) is 5.17. The number of rotatable bonds is 6. The number of urea groups is 1. The van der Waals surface area contributed by atoms with E-state index in [0.717, 1.165) is 12.1 Å². The average molecular weight is 457 g/mol. The molecule has 10 heteroatoms. The van der Waals surface area contributed by atoms with Gasteiger partial charge in [0.1, 0.15) is 17.4 Å². The number of aromatic nitrogens is 1. The lowest BCUT2D eigenvalue weighted by Gasteiger charge is -2.19. The number of aliphatic carboxylic acids is 1. The number of aryl methyl sites for hydroxylation is 2. The summed E-state index contributed by atoms with van der Waals surface area (Å²) in [7, 11) is 1.44. The van der Waals surface area contributed by atoms with Gasteiger partial charge in [-0.2, -0.15) is 0 Å². The summed E-state index contributed by atoms with van der Waals surface area (Å²) in [6.07, 6.45) is 0.843. The number of pyridine rings is 1. The number of hydrogen-bond acceptors (Lipinski definition) is 4. The van der Waals surface area contributed by atoms with Gasteiger partial charge >= 0.3 is 12.0 Å². The van der Waals surface area contributed by atoms with Crippen LogP contribution < -0.4 is 16.2 Å². The number of carbonyl (C=O) groups is 2. The molecule has 0 aliphatic heterocycles. The molecule has 1 unspecified atom stereocenters. The Bertz CT molecular complexity index is 1270. The van der Waals surface area contributed by atoms with Crippen molar-refractivity contribution in [3.8, 4) is 16.9 Å². The van der Waals surface area contributed by atoms with Crippen LogP contribution in [0.25, 0.3) is 11.1 Å². The van der Waals surface area contributed by atoms with E-state index in [4.69, 9.17) is 0 Å². The summed E-state index contributed by atoms with van der Waals surface area (Å²) in [5, 5.41) is 24.1. The molecule has 1 heterocycles. The molecule has 0 saturated heterocycles. The van der Waals surface area contributed by atoms with E-state index < -0.39 is 47.4 Å². The van der Waals surface area contributed by atoms with Gasteiger partial charge in [-0.1, -0.05) is 24.3 Å². The lowest BCUT2D eigenvalue weighted by atomic mass is 9.97. The molecule has 33 heavy (non-hydrogen) atoms. The lowest BCUT2D eigenvalue weighted by molar-refractivity contribution is -0.137. The molecular weight excluding hydrogens is 436 g/mol. The summed E-state index contributed by atoms with van der Waals surface area (Å²) in [6, 6.07) is 7.18. The Labute approximate surface area is 187 Å². The summed E-state index contributed by atoms with van der Waals surface area (Å²) in [4.78, 5) is 36.2. The van der Waals surface area contributed by atoms with Crippen molar-refractivity contribution in [3.05, 3.63) is 81.8 Å². The van der Waals surface area contributed by atoms with Gasteiger partial charge in [-0.25, -0.2) is 13.6 Å². The van der Waals surface area contributed by atoms with Crippen LogP contribution in [0.4, 0.5) is 19.3 Å². The normalized spacial score (nSPS) is 11.6. The van der Waals surface area contributed by atoms with Crippen molar-refractivity contribution in [2.75, 3.05) is 5.32 Å². The fourth-order valence-corrected chi connectivity index (χ4v) is 3.42. The summed E-state index contributed by atoms with van der Waals surface area (Å²) in [6.45, 7) is 1.54. The van der Waals surface area contributed by atoms with Crippen LogP contribution in [-0.2, 0) is 11.8 Å². The van der Waals surface area contributed by atoms with Crippen molar-refractivity contribution in [1.82, 2.24) is 9.88 Å². The predicted molar refractivity (Wildman–Crippen MR) is 117 cm³/mol. The molecule has 8 nitrogen and oxygen atoms in total. The zero-order valence-electron chi connectivity index (χ0n) is 17.7. The molecule has 0 bridgehead atoms. The number of carboxylic acid groups (broad SMARTS) is 1. The number of aromatic hydroxyl groups is 1. The first-order chi connectivity index (χ1) is 15.6. The molecule has 3 rings (SSSR count). The molecule has 0 aliphatic rings. The van der Waals surface area contributed by atoms with Crippen molar-refractivity contribution in [2.24, 2.45) is 7.05 Å². The molecule has 2 aromatic carbocycles. The van der Waals surface area contributed by atoms with Gasteiger partial charge in [-0.15, -0.1) is 0 Å². The number of amides is 2. The van der Waals surface area contributed by atoms with Crippen LogP contribution in [0.5, 0.6) is 5.75 Å². The van der Waals surface area contributed by atoms with E-state index in [0.29, 0.717) is 5.56 Å². The molecule has 4 N–H and O–H groups in total. The van der Waals surface area contributed by atoms with Gasteiger partial charge in [-0.3, -0.25) is 9.59 Å². The maximum Gasteiger partial charge on any atom is 0.319 e. The van der Waals surface area contributed by atoms with Crippen LogP contribution in [-0.4, -0.2) is 26.8 Å². The molecule has 0 saturated carbocycles. The first-order valence-corrected chi connectivity index (χ1v) is 9.81. The average Bonchev–Trinajstić information content (AvgIpc) is 2.75. The van der Waals surface area contributed by atoms with Crippen molar-refractivity contribution in [2.45, 2.75) is 19.4 Å². The number of hydrogen-bond donors (Lipinski definition) is 4. The van der Waals surface area contributed by atoms with Crippen molar-refractivity contribution in [3.63, 3.8) is 0 Å². The molecule has 0 aliphatic carbocycles. The van der Waals surface area contributed by atoms with Gasteiger partial charge in [0.05, 0.1) is 18.0 Å². The third-order valence-electron chi connectivity index (χ3n) is 4.99. The lowest BCUT2D eigenvalue weighted by Crippen LogP contribution is -2.36. The SMILES string of the molecule is Cc1cn(C)c(=O)c(NC(=O)NC(CC(=O)O)c2cccc(-c3c(F)cccc3F)c2)c1O. The summed E-state index contributed by atoms with van der Waals surface area (Å²) in [5.74, 6) is -3.24. The molecule has 1 atom stereocenters. The first kappa shape index (κ1) is 23.5. The number of anilines is 1. The Morgan fingerprint density at radius 1 is 1.12 bits per heavy atom. The Hall–Kier alpha value is -4.21. The van der Waals surface area contributed by atoms with Gasteiger partial charge in [-0.05, 0) is 36.2 Å². The largest absolute Gasteiger partial charge is 0.505 e. The molecule has 2 amide bonds. The Kier molecular flexibility index (Phi) is 6.76. The van der Waals surface area contributed by atoms with Gasteiger partial charge in [0.25, 0.3) is 5.56 Å². The maximum absolute atomic E-state index is 14.2. The van der Waals surface area contributed by atoms with Crippen LogP contribution in [0.3, 0.4) is 0 Å². The Morgan fingerprint density at radius 2 is 1.76 bits per heavy atom. The van der Waals surface area contributed by atoms with Crippen molar-refractivity contribution >= 4 is 17.7 Å². The van der Waals surface area contributed by atoms with E-state index in [1.807, 2.05) is 0 Å². The number of carbonyl (C=O) groups excluding carboxylic acids is 1. The number of nitrogens with zero attached hydrogens (tertiary/aromatic N) is 1. The molecule has 3 aromatic rings. The van der Waals surface area contributed by atoms with E-state index in [9.17, 15) is 33.4 Å². The smallest absolute Gasteiger partial charge is 0.319 e. The van der Waals surface area contributed by atoms with E-state index >= 15 is 0 Å². The van der Waals surface area contributed by atoms with Crippen LogP contribution in [0, 0.1) is 18.6 Å². The van der Waals surface area contributed by atoms with Crippen molar-refractivity contribution in [1.29, 1.82) is 0 Å². The number of halogens is 2. The fourth-order valence-electron chi connectivity index (χ4n) is 3.42. The van der Waals surface area contributed by atoms with Crippen molar-refractivity contribution < 1.29 is 28.6 Å². The van der Waals surface area contributed by atoms with Gasteiger partial charge < -0.3 is 25.4 Å². The van der Waals surface area contributed by atoms with Crippen LogP contribution in [0.15, 0.2) is 53.5 Å². The highest BCUT2D eigenvalue weighted by Crippen LogP contribution is 2.29. The zero-order valence-corrected chi connectivity index (χ0v) is 17.7. The number of nitrogens with one attached hydrogen (secondary N) is 2. The number of benzene rings is 2. The van der Waals surface area contributed by atoms with Crippen LogP contribution in [0.2, 0.25) is 0 Å². The molecule has 0 fully saturated rings. The van der Waals surface area contributed by atoms with Gasteiger partial charge in [0, 0.05) is 18.8 Å². The molecule has 1 aromatic heterocycles. The summed E-state index contributed by atoms with van der Waals surface area (Å²) < 4.78 is 29.6. The van der Waals surface area contributed by atoms with E-state index in [2.05, 4.69) is 10.6 Å². The standard InChI is InChI=1S/C23H21F2N3O5/c1-12-11-28(2)22(32)20(21(12)31)27-23(33)26-17(10-18(29)30)13-5-3-6-14(9-13)19-15(24)7-4-8-16(19)25/h3-9,11,17,31H,10H2,1-2H3,(H,29,30)(H2,26,27,33). The highest BCUT2D eigenvalue weighted by atomic mass is 19.1. The second-order valence-corrected chi connectivity index (χ2v) is 7.42. The van der Waals surface area contributed by atoms with Crippen LogP contribution in [0.1, 0.15) is 23.6 Å². The highest BCUT2D eigenvalue weighted by Gasteiger charge is 2.22. The monoisotopic (exact) mass is 457 g/mol. The molecular formula is C23H21F2N3O5. The van der Waals surface area contributed by atoms with E-state index in [-0.39, 0.29) is 22.4 Å². The van der Waals surface area contributed by atoms with Gasteiger partial charge in [0.15, 0.2) is 5.69 Å². The second-order valence-electron chi connectivity index (χ2n) is 7.42. The zero-order chi connectivity index (χ0) is 24.3. The predicted octanol–water partition coefficient (Wildman–Crippen LogP) is 3.68. The first-order valence-electron chi connectivity index (χ1n) is 9.81. The summed E-state index contributed by atoms with van der Waals surface area (Å²) >= 11 is 0.